The third-order valence-electron chi connectivity index (χ3n) is 4.87. The number of unbranched alkanes of at least 4 members (excludes halogenated alkanes) is 1. The van der Waals surface area contributed by atoms with Crippen LogP contribution in [-0.4, -0.2) is 62.7 Å². The van der Waals surface area contributed by atoms with Crippen molar-refractivity contribution in [2.75, 3.05) is 56.7 Å². The van der Waals surface area contributed by atoms with Gasteiger partial charge in [0.1, 0.15) is 11.4 Å². The first-order valence-electron chi connectivity index (χ1n) is 9.47. The monoisotopic (exact) mass is 388 g/mol. The third kappa shape index (κ3) is 4.71. The number of ether oxygens (including phenoxy) is 1. The molecule has 1 saturated heterocycles. The van der Waals surface area contributed by atoms with E-state index in [9.17, 15) is 4.79 Å². The van der Waals surface area contributed by atoms with Crippen LogP contribution in [-0.2, 0) is 0 Å². The Labute approximate surface area is 165 Å². The van der Waals surface area contributed by atoms with E-state index in [4.69, 9.17) is 4.74 Å². The number of rotatable bonds is 7. The second kappa shape index (κ2) is 9.08. The number of piperazine rings is 1. The fourth-order valence-corrected chi connectivity index (χ4v) is 4.02. The Kier molecular flexibility index (Phi) is 6.55. The maximum atomic E-state index is 12.5. The van der Waals surface area contributed by atoms with E-state index in [1.165, 1.54) is 5.69 Å². The van der Waals surface area contributed by atoms with Gasteiger partial charge in [0.25, 0.3) is 5.91 Å². The number of carbonyl (C=O) groups excluding carboxylic acids is 1. The maximum Gasteiger partial charge on any atom is 0.273 e. The number of benzene rings is 1. The molecule has 6 nitrogen and oxygen atoms in total. The molecule has 2 heterocycles. The molecule has 0 unspecified atom stereocenters. The number of thiazole rings is 1. The third-order valence-corrected chi connectivity index (χ3v) is 5.78. The zero-order valence-electron chi connectivity index (χ0n) is 16.4. The largest absolute Gasteiger partial charge is 0.497 e. The minimum absolute atomic E-state index is 0.0148. The van der Waals surface area contributed by atoms with Gasteiger partial charge in [-0.1, -0.05) is 19.4 Å². The Balaban J connectivity index is 1.58. The zero-order chi connectivity index (χ0) is 19.2. The van der Waals surface area contributed by atoms with Crippen molar-refractivity contribution in [2.45, 2.75) is 19.8 Å². The highest BCUT2D eigenvalue weighted by molar-refractivity contribution is 7.13. The molecule has 0 radical (unpaired) electrons. The van der Waals surface area contributed by atoms with Crippen LogP contribution in [0.25, 0.3) is 0 Å². The Morgan fingerprint density at radius 2 is 2.00 bits per heavy atom. The lowest BCUT2D eigenvalue weighted by atomic mass is 10.2. The molecule has 3 rings (SSSR count). The van der Waals surface area contributed by atoms with Crippen LogP contribution in [0.15, 0.2) is 29.6 Å². The van der Waals surface area contributed by atoms with Gasteiger partial charge >= 0.3 is 0 Å². The van der Waals surface area contributed by atoms with Crippen LogP contribution in [0.2, 0.25) is 0 Å². The summed E-state index contributed by atoms with van der Waals surface area (Å²) in [7, 11) is 3.54. The second-order valence-electron chi connectivity index (χ2n) is 6.77. The molecular weight excluding hydrogens is 360 g/mol. The van der Waals surface area contributed by atoms with Gasteiger partial charge in [-0.05, 0) is 18.6 Å². The SMILES string of the molecule is CCCCN(C)C(=O)c1csc(N2CCN(c3cccc(OC)c3)CC2)n1. The predicted molar refractivity (Wildman–Crippen MR) is 111 cm³/mol. The van der Waals surface area contributed by atoms with Gasteiger partial charge < -0.3 is 19.4 Å². The normalized spacial score (nSPS) is 14.3. The second-order valence-corrected chi connectivity index (χ2v) is 7.61. The van der Waals surface area contributed by atoms with Crippen molar-refractivity contribution in [1.82, 2.24) is 9.88 Å². The molecule has 1 aliphatic rings. The van der Waals surface area contributed by atoms with Crippen molar-refractivity contribution >= 4 is 28.1 Å². The molecule has 1 aromatic carbocycles. The van der Waals surface area contributed by atoms with Crippen LogP contribution in [0.3, 0.4) is 0 Å². The number of hydrogen-bond donors (Lipinski definition) is 0. The fourth-order valence-electron chi connectivity index (χ4n) is 3.16. The first-order valence-corrected chi connectivity index (χ1v) is 10.3. The van der Waals surface area contributed by atoms with E-state index in [-0.39, 0.29) is 5.91 Å². The molecule has 0 bridgehead atoms. The number of aromatic nitrogens is 1. The van der Waals surface area contributed by atoms with Gasteiger partial charge in [0.2, 0.25) is 0 Å². The Hall–Kier alpha value is -2.28. The molecule has 0 N–H and O–H groups in total. The fraction of sp³-hybridized carbons (Fsp3) is 0.500. The number of hydrogen-bond acceptors (Lipinski definition) is 6. The standard InChI is InChI=1S/C20H28N4O2S/c1-4-5-9-22(2)19(25)18-15-27-20(21-18)24-12-10-23(11-13-24)16-7-6-8-17(14-16)26-3/h6-8,14-15H,4-5,9-13H2,1-3H3. The summed E-state index contributed by atoms with van der Waals surface area (Å²) in [5, 5.41) is 2.82. The molecular formula is C20H28N4O2S. The van der Waals surface area contributed by atoms with Gasteiger partial charge in [-0.25, -0.2) is 4.98 Å². The van der Waals surface area contributed by atoms with Crippen LogP contribution in [0.5, 0.6) is 5.75 Å². The summed E-state index contributed by atoms with van der Waals surface area (Å²) in [6.07, 6.45) is 2.10. The first kappa shape index (κ1) is 19.5. The van der Waals surface area contributed by atoms with Crippen molar-refractivity contribution < 1.29 is 9.53 Å². The average Bonchev–Trinajstić information content (AvgIpc) is 3.21. The van der Waals surface area contributed by atoms with Crippen molar-refractivity contribution in [3.05, 3.63) is 35.3 Å². The Bertz CT molecular complexity index is 756. The molecule has 0 saturated carbocycles. The molecule has 0 atom stereocenters. The maximum absolute atomic E-state index is 12.5. The number of nitrogens with zero attached hydrogens (tertiary/aromatic N) is 4. The highest BCUT2D eigenvalue weighted by Crippen LogP contribution is 2.26. The van der Waals surface area contributed by atoms with Gasteiger partial charge in [-0.2, -0.15) is 0 Å². The topological polar surface area (TPSA) is 48.9 Å². The van der Waals surface area contributed by atoms with E-state index >= 15 is 0 Å². The molecule has 7 heteroatoms. The highest BCUT2D eigenvalue weighted by Gasteiger charge is 2.22. The van der Waals surface area contributed by atoms with E-state index in [0.717, 1.165) is 56.4 Å². The summed E-state index contributed by atoms with van der Waals surface area (Å²) in [5.74, 6) is 0.895. The van der Waals surface area contributed by atoms with Crippen LogP contribution in [0.1, 0.15) is 30.3 Å². The zero-order valence-corrected chi connectivity index (χ0v) is 17.2. The van der Waals surface area contributed by atoms with E-state index in [1.54, 1.807) is 23.3 Å². The van der Waals surface area contributed by atoms with Crippen molar-refractivity contribution in [1.29, 1.82) is 0 Å². The van der Waals surface area contributed by atoms with Crippen LogP contribution < -0.4 is 14.5 Å². The van der Waals surface area contributed by atoms with Crippen LogP contribution >= 0.6 is 11.3 Å². The van der Waals surface area contributed by atoms with E-state index in [1.807, 2.05) is 24.6 Å². The molecule has 1 aliphatic heterocycles. The van der Waals surface area contributed by atoms with E-state index in [2.05, 4.69) is 33.8 Å². The van der Waals surface area contributed by atoms with Gasteiger partial charge in [0.05, 0.1) is 7.11 Å². The molecule has 27 heavy (non-hydrogen) atoms. The summed E-state index contributed by atoms with van der Waals surface area (Å²) < 4.78 is 5.32. The number of carbonyl (C=O) groups is 1. The summed E-state index contributed by atoms with van der Waals surface area (Å²) in [5.41, 5.74) is 1.74. The van der Waals surface area contributed by atoms with Crippen molar-refractivity contribution in [3.63, 3.8) is 0 Å². The summed E-state index contributed by atoms with van der Waals surface area (Å²) in [6, 6.07) is 8.17. The van der Waals surface area contributed by atoms with Crippen LogP contribution in [0, 0.1) is 0 Å². The van der Waals surface area contributed by atoms with Crippen molar-refractivity contribution in [2.24, 2.45) is 0 Å². The minimum Gasteiger partial charge on any atom is -0.497 e. The van der Waals surface area contributed by atoms with E-state index < -0.39 is 0 Å². The Morgan fingerprint density at radius 3 is 2.70 bits per heavy atom. The molecule has 1 fully saturated rings. The lowest BCUT2D eigenvalue weighted by Crippen LogP contribution is -2.46. The van der Waals surface area contributed by atoms with Gasteiger partial charge in [0.15, 0.2) is 5.13 Å². The highest BCUT2D eigenvalue weighted by atomic mass is 32.1. The van der Waals surface area contributed by atoms with E-state index in [0.29, 0.717) is 5.69 Å². The molecule has 1 aromatic heterocycles. The minimum atomic E-state index is 0.0148. The molecule has 1 amide bonds. The quantitative estimate of drug-likeness (QED) is 0.728. The van der Waals surface area contributed by atoms with Gasteiger partial charge in [-0.15, -0.1) is 11.3 Å². The number of anilines is 2. The lowest BCUT2D eigenvalue weighted by molar-refractivity contribution is 0.0788. The number of methoxy groups -OCH3 is 1. The lowest BCUT2D eigenvalue weighted by Gasteiger charge is -2.36. The predicted octanol–water partition coefficient (Wildman–Crippen LogP) is 3.35. The van der Waals surface area contributed by atoms with Gasteiger partial charge in [0, 0.05) is 56.9 Å². The van der Waals surface area contributed by atoms with Crippen LogP contribution in [0.4, 0.5) is 10.8 Å². The molecule has 2 aromatic rings. The molecule has 0 aliphatic carbocycles. The smallest absolute Gasteiger partial charge is 0.273 e. The average molecular weight is 389 g/mol. The summed E-state index contributed by atoms with van der Waals surface area (Å²) in [6.45, 7) is 6.54. The summed E-state index contributed by atoms with van der Waals surface area (Å²) >= 11 is 1.56. The Morgan fingerprint density at radius 1 is 1.26 bits per heavy atom. The number of amides is 1. The van der Waals surface area contributed by atoms with Gasteiger partial charge in [-0.3, -0.25) is 4.79 Å². The first-order chi connectivity index (χ1) is 13.1. The molecule has 0 spiro atoms. The molecule has 146 valence electrons. The van der Waals surface area contributed by atoms with Crippen molar-refractivity contribution in [3.8, 4) is 5.75 Å². The summed E-state index contributed by atoms with van der Waals surface area (Å²) in [4.78, 5) is 23.5.